The first-order chi connectivity index (χ1) is 9.56. The van der Waals surface area contributed by atoms with Crippen LogP contribution in [-0.4, -0.2) is 15.9 Å². The second-order valence-corrected chi connectivity index (χ2v) is 4.55. The predicted octanol–water partition coefficient (Wildman–Crippen LogP) is 3.02. The van der Waals surface area contributed by atoms with Crippen LogP contribution in [0.4, 0.5) is 11.5 Å². The second kappa shape index (κ2) is 6.36. The lowest BCUT2D eigenvalue weighted by Crippen LogP contribution is -2.10. The molecule has 0 saturated heterocycles. The monoisotopic (exact) mass is 308 g/mol. The number of amides is 1. The summed E-state index contributed by atoms with van der Waals surface area (Å²) in [5.74, 6) is -0.211. The van der Waals surface area contributed by atoms with Gasteiger partial charge in [-0.25, -0.2) is 9.97 Å². The number of halogens is 2. The van der Waals surface area contributed by atoms with E-state index in [0.29, 0.717) is 5.69 Å². The molecule has 0 aliphatic rings. The number of carbonyl (C=O) groups is 1. The Kier molecular flexibility index (Phi) is 4.55. The van der Waals surface area contributed by atoms with Crippen LogP contribution in [0.3, 0.4) is 0 Å². The lowest BCUT2D eigenvalue weighted by molar-refractivity contribution is -0.111. The van der Waals surface area contributed by atoms with E-state index >= 15 is 0 Å². The molecule has 0 fully saturated rings. The van der Waals surface area contributed by atoms with Crippen LogP contribution in [0.1, 0.15) is 5.56 Å². The molecule has 0 atom stereocenters. The molecule has 1 heterocycles. The molecule has 1 aromatic heterocycles. The Morgan fingerprint density at radius 1 is 1.20 bits per heavy atom. The maximum atomic E-state index is 11.7. The van der Waals surface area contributed by atoms with E-state index in [1.807, 2.05) is 0 Å². The van der Waals surface area contributed by atoms with Gasteiger partial charge in [0.05, 0.1) is 0 Å². The zero-order valence-electron chi connectivity index (χ0n) is 10.2. The Morgan fingerprint density at radius 3 is 2.60 bits per heavy atom. The molecule has 2 aromatic rings. The van der Waals surface area contributed by atoms with E-state index < -0.39 is 0 Å². The van der Waals surface area contributed by atoms with Crippen LogP contribution < -0.4 is 11.1 Å². The van der Waals surface area contributed by atoms with Crippen molar-refractivity contribution in [3.8, 4) is 0 Å². The summed E-state index contributed by atoms with van der Waals surface area (Å²) in [5, 5.41) is 2.70. The van der Waals surface area contributed by atoms with E-state index in [-0.39, 0.29) is 21.9 Å². The molecule has 1 amide bonds. The number of nitrogens with zero attached hydrogens (tertiary/aromatic N) is 2. The lowest BCUT2D eigenvalue weighted by atomic mass is 10.2. The summed E-state index contributed by atoms with van der Waals surface area (Å²) in [6.07, 6.45) is 4.22. The Labute approximate surface area is 125 Å². The van der Waals surface area contributed by atoms with Gasteiger partial charge in [0.1, 0.15) is 11.3 Å². The summed E-state index contributed by atoms with van der Waals surface area (Å²) < 4.78 is 0. The summed E-state index contributed by atoms with van der Waals surface area (Å²) in [6, 6.07) is 7.10. The van der Waals surface area contributed by atoms with Crippen LogP contribution in [0, 0.1) is 0 Å². The molecule has 102 valence electrons. The van der Waals surface area contributed by atoms with E-state index in [4.69, 9.17) is 28.9 Å². The van der Waals surface area contributed by atoms with Crippen molar-refractivity contribution < 1.29 is 4.79 Å². The Hall–Kier alpha value is -2.11. The molecule has 20 heavy (non-hydrogen) atoms. The van der Waals surface area contributed by atoms with Crippen molar-refractivity contribution in [1.82, 2.24) is 9.97 Å². The Balaban J connectivity index is 2.05. The molecule has 1 aromatic carbocycles. The molecule has 0 bridgehead atoms. The van der Waals surface area contributed by atoms with Crippen LogP contribution in [0.25, 0.3) is 6.08 Å². The van der Waals surface area contributed by atoms with Crippen molar-refractivity contribution >= 4 is 46.7 Å². The van der Waals surface area contributed by atoms with Gasteiger partial charge in [0.2, 0.25) is 5.91 Å². The zero-order valence-corrected chi connectivity index (χ0v) is 11.7. The van der Waals surface area contributed by atoms with Crippen molar-refractivity contribution in [3.05, 3.63) is 52.4 Å². The van der Waals surface area contributed by atoms with Crippen molar-refractivity contribution in [2.45, 2.75) is 0 Å². The summed E-state index contributed by atoms with van der Waals surface area (Å²) in [4.78, 5) is 19.3. The minimum absolute atomic E-state index is 0.0829. The van der Waals surface area contributed by atoms with Crippen LogP contribution in [0.2, 0.25) is 10.2 Å². The molecular formula is C13H10Cl2N4O. The smallest absolute Gasteiger partial charge is 0.249 e. The topological polar surface area (TPSA) is 80.9 Å². The summed E-state index contributed by atoms with van der Waals surface area (Å²) >= 11 is 11.6. The van der Waals surface area contributed by atoms with Crippen LogP contribution in [-0.2, 0) is 4.79 Å². The number of anilines is 2. The SMILES string of the molecule is Nc1ccc(/C=C/C(=O)Nc2ncnc(Cl)c2Cl)cc1. The van der Waals surface area contributed by atoms with Gasteiger partial charge in [-0.2, -0.15) is 0 Å². The standard InChI is InChI=1S/C13H10Cl2N4O/c14-11-12(15)17-7-18-13(11)19-10(20)6-3-8-1-4-9(16)5-2-8/h1-7H,16H2,(H,17,18,19,20)/b6-3+. The largest absolute Gasteiger partial charge is 0.399 e. The molecule has 0 aliphatic heterocycles. The molecule has 0 unspecified atom stereocenters. The fourth-order valence-corrected chi connectivity index (χ4v) is 1.65. The normalized spacial score (nSPS) is 10.7. The number of nitrogens with one attached hydrogen (secondary N) is 1. The van der Waals surface area contributed by atoms with Gasteiger partial charge < -0.3 is 11.1 Å². The number of nitrogen functional groups attached to an aromatic ring is 1. The zero-order chi connectivity index (χ0) is 14.5. The third-order valence-corrected chi connectivity index (χ3v) is 3.09. The molecule has 0 aliphatic carbocycles. The molecule has 0 spiro atoms. The Bertz CT molecular complexity index is 656. The van der Waals surface area contributed by atoms with Gasteiger partial charge in [-0.3, -0.25) is 4.79 Å². The number of rotatable bonds is 3. The highest BCUT2D eigenvalue weighted by Crippen LogP contribution is 2.25. The summed E-state index contributed by atoms with van der Waals surface area (Å²) in [6.45, 7) is 0. The first-order valence-electron chi connectivity index (χ1n) is 5.57. The van der Waals surface area contributed by atoms with Gasteiger partial charge in [-0.05, 0) is 23.8 Å². The molecule has 0 saturated carbocycles. The van der Waals surface area contributed by atoms with Crippen molar-refractivity contribution in [2.75, 3.05) is 11.1 Å². The van der Waals surface area contributed by atoms with E-state index in [0.717, 1.165) is 5.56 Å². The first kappa shape index (κ1) is 14.3. The number of hydrogen-bond acceptors (Lipinski definition) is 4. The van der Waals surface area contributed by atoms with E-state index in [9.17, 15) is 4.79 Å². The van der Waals surface area contributed by atoms with Gasteiger partial charge >= 0.3 is 0 Å². The maximum Gasteiger partial charge on any atom is 0.249 e. The van der Waals surface area contributed by atoms with E-state index in [1.54, 1.807) is 30.3 Å². The van der Waals surface area contributed by atoms with Crippen LogP contribution in [0.15, 0.2) is 36.7 Å². The first-order valence-corrected chi connectivity index (χ1v) is 6.32. The van der Waals surface area contributed by atoms with Gasteiger partial charge in [-0.15, -0.1) is 0 Å². The fourth-order valence-electron chi connectivity index (χ4n) is 1.37. The average molecular weight is 309 g/mol. The number of carbonyl (C=O) groups excluding carboxylic acids is 1. The highest BCUT2D eigenvalue weighted by Gasteiger charge is 2.08. The van der Waals surface area contributed by atoms with E-state index in [2.05, 4.69) is 15.3 Å². The van der Waals surface area contributed by atoms with E-state index in [1.165, 1.54) is 12.4 Å². The van der Waals surface area contributed by atoms with Gasteiger partial charge in [0.15, 0.2) is 11.0 Å². The molecule has 5 nitrogen and oxygen atoms in total. The minimum Gasteiger partial charge on any atom is -0.399 e. The average Bonchev–Trinajstić information content (AvgIpc) is 2.43. The number of hydrogen-bond donors (Lipinski definition) is 2. The van der Waals surface area contributed by atoms with Crippen molar-refractivity contribution in [3.63, 3.8) is 0 Å². The number of nitrogens with two attached hydrogens (primary N) is 1. The van der Waals surface area contributed by atoms with Crippen molar-refractivity contribution in [2.24, 2.45) is 0 Å². The highest BCUT2D eigenvalue weighted by atomic mass is 35.5. The number of aromatic nitrogens is 2. The molecule has 3 N–H and O–H groups in total. The summed E-state index contributed by atoms with van der Waals surface area (Å²) in [7, 11) is 0. The molecule has 0 radical (unpaired) electrons. The molecular weight excluding hydrogens is 299 g/mol. The van der Waals surface area contributed by atoms with Gasteiger partial charge in [0, 0.05) is 11.8 Å². The quantitative estimate of drug-likeness (QED) is 0.519. The Morgan fingerprint density at radius 2 is 1.90 bits per heavy atom. The summed E-state index contributed by atoms with van der Waals surface area (Å²) in [5.41, 5.74) is 7.08. The maximum absolute atomic E-state index is 11.7. The fraction of sp³-hybridized carbons (Fsp3) is 0. The van der Waals surface area contributed by atoms with Crippen LogP contribution >= 0.6 is 23.2 Å². The van der Waals surface area contributed by atoms with Crippen LogP contribution in [0.5, 0.6) is 0 Å². The highest BCUT2D eigenvalue weighted by molar-refractivity contribution is 6.43. The lowest BCUT2D eigenvalue weighted by Gasteiger charge is -2.03. The third-order valence-electron chi connectivity index (χ3n) is 2.35. The number of benzene rings is 1. The predicted molar refractivity (Wildman–Crippen MR) is 80.6 cm³/mol. The molecule has 7 heteroatoms. The van der Waals surface area contributed by atoms with Gasteiger partial charge in [0.25, 0.3) is 0 Å². The second-order valence-electron chi connectivity index (χ2n) is 3.82. The molecule has 2 rings (SSSR count). The van der Waals surface area contributed by atoms with Crippen molar-refractivity contribution in [1.29, 1.82) is 0 Å². The van der Waals surface area contributed by atoms with Gasteiger partial charge in [-0.1, -0.05) is 35.3 Å². The third kappa shape index (κ3) is 3.69. The minimum atomic E-state index is -0.376.